The topological polar surface area (TPSA) is 64.6 Å². The summed E-state index contributed by atoms with van der Waals surface area (Å²) in [5.41, 5.74) is 2.44. The average molecular weight is 313 g/mol. The third-order valence-corrected chi connectivity index (χ3v) is 3.64. The Kier molecular flexibility index (Phi) is 5.86. The SMILES string of the molecule is CCN(CC)C(=O)Nc1cccc(NCc2ccccc2O)c1. The number of amides is 2. The van der Waals surface area contributed by atoms with Crippen LogP contribution in [0.15, 0.2) is 48.5 Å². The molecule has 5 heteroatoms. The van der Waals surface area contributed by atoms with Crippen molar-refractivity contribution in [2.24, 2.45) is 0 Å². The second-order valence-electron chi connectivity index (χ2n) is 5.17. The van der Waals surface area contributed by atoms with E-state index in [1.165, 1.54) is 0 Å². The van der Waals surface area contributed by atoms with Crippen LogP contribution in [0.25, 0.3) is 0 Å². The minimum absolute atomic E-state index is 0.104. The zero-order valence-electron chi connectivity index (χ0n) is 13.5. The quantitative estimate of drug-likeness (QED) is 0.758. The molecule has 23 heavy (non-hydrogen) atoms. The fourth-order valence-corrected chi connectivity index (χ4v) is 2.28. The number of para-hydroxylation sites is 1. The number of carbonyl (C=O) groups is 1. The van der Waals surface area contributed by atoms with Gasteiger partial charge in [-0.15, -0.1) is 0 Å². The van der Waals surface area contributed by atoms with E-state index in [0.29, 0.717) is 19.6 Å². The van der Waals surface area contributed by atoms with Crippen LogP contribution >= 0.6 is 0 Å². The molecule has 0 aromatic heterocycles. The Bertz CT molecular complexity index is 654. The van der Waals surface area contributed by atoms with Crippen molar-refractivity contribution in [2.75, 3.05) is 23.7 Å². The first-order valence-corrected chi connectivity index (χ1v) is 7.80. The smallest absolute Gasteiger partial charge is 0.321 e. The van der Waals surface area contributed by atoms with Crippen LogP contribution in [-0.2, 0) is 6.54 Å². The summed E-state index contributed by atoms with van der Waals surface area (Å²) in [6, 6.07) is 14.6. The van der Waals surface area contributed by atoms with E-state index in [4.69, 9.17) is 0 Å². The highest BCUT2D eigenvalue weighted by atomic mass is 16.3. The monoisotopic (exact) mass is 313 g/mol. The maximum absolute atomic E-state index is 12.1. The van der Waals surface area contributed by atoms with E-state index in [0.717, 1.165) is 16.9 Å². The Morgan fingerprint density at radius 1 is 1.04 bits per heavy atom. The van der Waals surface area contributed by atoms with Crippen molar-refractivity contribution in [1.29, 1.82) is 0 Å². The fourth-order valence-electron chi connectivity index (χ4n) is 2.28. The predicted molar refractivity (Wildman–Crippen MR) is 93.8 cm³/mol. The highest BCUT2D eigenvalue weighted by Crippen LogP contribution is 2.20. The average Bonchev–Trinajstić information content (AvgIpc) is 2.55. The maximum atomic E-state index is 12.1. The van der Waals surface area contributed by atoms with Crippen molar-refractivity contribution >= 4 is 17.4 Å². The molecule has 122 valence electrons. The number of nitrogens with zero attached hydrogens (tertiary/aromatic N) is 1. The number of phenols is 1. The molecule has 0 bridgehead atoms. The van der Waals surface area contributed by atoms with Gasteiger partial charge in [0.1, 0.15) is 5.75 Å². The fraction of sp³-hybridized carbons (Fsp3) is 0.278. The van der Waals surface area contributed by atoms with Gasteiger partial charge in [-0.25, -0.2) is 4.79 Å². The first-order chi connectivity index (χ1) is 11.1. The number of phenolic OH excluding ortho intramolecular Hbond substituents is 1. The van der Waals surface area contributed by atoms with Crippen LogP contribution in [-0.4, -0.2) is 29.1 Å². The minimum atomic E-state index is -0.104. The number of carbonyl (C=O) groups excluding carboxylic acids is 1. The molecule has 0 unspecified atom stereocenters. The molecule has 0 fully saturated rings. The zero-order valence-corrected chi connectivity index (χ0v) is 13.5. The summed E-state index contributed by atoms with van der Waals surface area (Å²) in [6.07, 6.45) is 0. The van der Waals surface area contributed by atoms with Gasteiger partial charge in [-0.05, 0) is 38.1 Å². The molecule has 0 atom stereocenters. The number of rotatable bonds is 6. The number of urea groups is 1. The van der Waals surface area contributed by atoms with E-state index >= 15 is 0 Å². The lowest BCUT2D eigenvalue weighted by Crippen LogP contribution is -2.34. The lowest BCUT2D eigenvalue weighted by Gasteiger charge is -2.19. The maximum Gasteiger partial charge on any atom is 0.321 e. The van der Waals surface area contributed by atoms with Crippen LogP contribution in [0.5, 0.6) is 5.75 Å². The Morgan fingerprint density at radius 2 is 1.74 bits per heavy atom. The van der Waals surface area contributed by atoms with E-state index in [1.807, 2.05) is 50.2 Å². The Hall–Kier alpha value is -2.69. The molecule has 2 rings (SSSR count). The molecule has 2 aromatic rings. The predicted octanol–water partition coefficient (Wildman–Crippen LogP) is 3.88. The van der Waals surface area contributed by atoms with Crippen LogP contribution < -0.4 is 10.6 Å². The second-order valence-corrected chi connectivity index (χ2v) is 5.17. The summed E-state index contributed by atoms with van der Waals surface area (Å²) in [6.45, 7) is 5.77. The standard InChI is InChI=1S/C18H23N3O2/c1-3-21(4-2)18(23)20-16-10-7-9-15(12-16)19-13-14-8-5-6-11-17(14)22/h5-12,19,22H,3-4,13H2,1-2H3,(H,20,23). The van der Waals surface area contributed by atoms with Gasteiger partial charge in [-0.3, -0.25) is 0 Å². The third kappa shape index (κ3) is 4.64. The first-order valence-electron chi connectivity index (χ1n) is 7.80. The summed E-state index contributed by atoms with van der Waals surface area (Å²) in [4.78, 5) is 13.8. The molecule has 2 aromatic carbocycles. The normalized spacial score (nSPS) is 10.2. The van der Waals surface area contributed by atoms with E-state index in [9.17, 15) is 9.90 Å². The molecule has 0 spiro atoms. The second kappa shape index (κ2) is 8.08. The van der Waals surface area contributed by atoms with Gasteiger partial charge in [-0.2, -0.15) is 0 Å². The van der Waals surface area contributed by atoms with Crippen molar-refractivity contribution in [3.05, 3.63) is 54.1 Å². The lowest BCUT2D eigenvalue weighted by molar-refractivity contribution is 0.217. The molecule has 0 heterocycles. The van der Waals surface area contributed by atoms with Crippen LogP contribution in [0, 0.1) is 0 Å². The number of benzene rings is 2. The third-order valence-electron chi connectivity index (χ3n) is 3.64. The van der Waals surface area contributed by atoms with Crippen molar-refractivity contribution in [3.63, 3.8) is 0 Å². The van der Waals surface area contributed by atoms with Crippen molar-refractivity contribution in [2.45, 2.75) is 20.4 Å². The van der Waals surface area contributed by atoms with Crippen molar-refractivity contribution in [1.82, 2.24) is 4.90 Å². The molecular weight excluding hydrogens is 290 g/mol. The number of nitrogens with one attached hydrogen (secondary N) is 2. The van der Waals surface area contributed by atoms with Gasteiger partial charge in [0, 0.05) is 36.6 Å². The highest BCUT2D eigenvalue weighted by molar-refractivity contribution is 5.89. The van der Waals surface area contributed by atoms with E-state index in [-0.39, 0.29) is 11.8 Å². The number of anilines is 2. The summed E-state index contributed by atoms with van der Waals surface area (Å²) >= 11 is 0. The molecule has 5 nitrogen and oxygen atoms in total. The molecule has 2 amide bonds. The first kappa shape index (κ1) is 16.7. The van der Waals surface area contributed by atoms with Crippen LogP contribution in [0.4, 0.5) is 16.2 Å². The zero-order chi connectivity index (χ0) is 16.7. The van der Waals surface area contributed by atoms with Crippen molar-refractivity contribution < 1.29 is 9.90 Å². The Labute approximate surface area is 136 Å². The number of aromatic hydroxyl groups is 1. The van der Waals surface area contributed by atoms with E-state index < -0.39 is 0 Å². The molecule has 3 N–H and O–H groups in total. The summed E-state index contributed by atoms with van der Waals surface area (Å²) in [5.74, 6) is 0.269. The van der Waals surface area contributed by atoms with Crippen molar-refractivity contribution in [3.8, 4) is 5.75 Å². The molecule has 0 aliphatic heterocycles. The summed E-state index contributed by atoms with van der Waals surface area (Å²) in [5, 5.41) is 15.9. The van der Waals surface area contributed by atoms with Gasteiger partial charge in [0.2, 0.25) is 0 Å². The van der Waals surface area contributed by atoms with Gasteiger partial charge in [0.25, 0.3) is 0 Å². The van der Waals surface area contributed by atoms with Gasteiger partial charge in [0.15, 0.2) is 0 Å². The minimum Gasteiger partial charge on any atom is -0.508 e. The Morgan fingerprint density at radius 3 is 2.43 bits per heavy atom. The van der Waals surface area contributed by atoms with Crippen LogP contribution in [0.2, 0.25) is 0 Å². The molecule has 0 saturated heterocycles. The summed E-state index contributed by atoms with van der Waals surface area (Å²) < 4.78 is 0. The molecule has 0 saturated carbocycles. The number of hydrogen-bond acceptors (Lipinski definition) is 3. The number of hydrogen-bond donors (Lipinski definition) is 3. The lowest BCUT2D eigenvalue weighted by atomic mass is 10.2. The van der Waals surface area contributed by atoms with Crippen LogP contribution in [0.3, 0.4) is 0 Å². The van der Waals surface area contributed by atoms with E-state index in [1.54, 1.807) is 17.0 Å². The molecular formula is C18H23N3O2. The van der Waals surface area contributed by atoms with Gasteiger partial charge in [0.05, 0.1) is 0 Å². The molecule has 0 aliphatic carbocycles. The highest BCUT2D eigenvalue weighted by Gasteiger charge is 2.09. The van der Waals surface area contributed by atoms with Gasteiger partial charge >= 0.3 is 6.03 Å². The van der Waals surface area contributed by atoms with E-state index in [2.05, 4.69) is 10.6 Å². The molecule has 0 radical (unpaired) electrons. The van der Waals surface area contributed by atoms with Gasteiger partial charge in [-0.1, -0.05) is 24.3 Å². The largest absolute Gasteiger partial charge is 0.508 e. The summed E-state index contributed by atoms with van der Waals surface area (Å²) in [7, 11) is 0. The van der Waals surface area contributed by atoms with Crippen LogP contribution in [0.1, 0.15) is 19.4 Å². The Balaban J connectivity index is 2.00. The molecule has 0 aliphatic rings. The van der Waals surface area contributed by atoms with Gasteiger partial charge < -0.3 is 20.6 Å².